The molecule has 0 aliphatic heterocycles. The van der Waals surface area contributed by atoms with Crippen molar-refractivity contribution in [3.8, 4) is 0 Å². The summed E-state index contributed by atoms with van der Waals surface area (Å²) in [5.74, 6) is -0.0594. The van der Waals surface area contributed by atoms with E-state index in [1.165, 1.54) is 11.3 Å². The number of hydrogen-bond donors (Lipinski definition) is 1. The largest absolute Gasteiger partial charge is 0.455 e. The molecule has 0 bridgehead atoms. The molecular weight excluding hydrogens is 328 g/mol. The molecule has 2 aromatic heterocycles. The average molecular weight is 342 g/mol. The van der Waals surface area contributed by atoms with E-state index in [9.17, 15) is 9.59 Å². The summed E-state index contributed by atoms with van der Waals surface area (Å²) < 4.78 is 10.1. The first-order valence-electron chi connectivity index (χ1n) is 7.16. The zero-order chi connectivity index (χ0) is 16.9. The van der Waals surface area contributed by atoms with Gasteiger partial charge in [0.15, 0.2) is 0 Å². The molecule has 1 aromatic carbocycles. The highest BCUT2D eigenvalue weighted by atomic mass is 32.1. The third kappa shape index (κ3) is 3.88. The number of carbonyl (C=O) groups excluding carboxylic acids is 2. The number of rotatable bonds is 5. The Hall–Kier alpha value is -2.93. The van der Waals surface area contributed by atoms with Crippen molar-refractivity contribution in [3.63, 3.8) is 0 Å². The van der Waals surface area contributed by atoms with Crippen LogP contribution in [0.5, 0.6) is 0 Å². The van der Waals surface area contributed by atoms with Crippen molar-refractivity contribution in [2.75, 3.05) is 5.32 Å². The van der Waals surface area contributed by atoms with Gasteiger partial charge in [-0.05, 0) is 36.6 Å². The number of aryl methyl sites for hydroxylation is 1. The third-order valence-electron chi connectivity index (χ3n) is 3.13. The van der Waals surface area contributed by atoms with E-state index >= 15 is 0 Å². The number of anilines is 1. The lowest BCUT2D eigenvalue weighted by atomic mass is 10.2. The van der Waals surface area contributed by atoms with Crippen molar-refractivity contribution in [1.29, 1.82) is 0 Å². The van der Waals surface area contributed by atoms with E-state index in [-0.39, 0.29) is 12.5 Å². The summed E-state index contributed by atoms with van der Waals surface area (Å²) in [6.07, 6.45) is 0. The standard InChI is InChI=1S/C17H14N2O4S/c1-11-8-14(19-23-11)10-22-17(21)12-4-2-5-13(9-12)18-16(20)15-6-3-7-24-15/h2-9H,10H2,1H3,(H,18,20). The topological polar surface area (TPSA) is 81.4 Å². The molecule has 0 saturated carbocycles. The minimum absolute atomic E-state index is 0.0297. The monoisotopic (exact) mass is 342 g/mol. The van der Waals surface area contributed by atoms with Crippen molar-refractivity contribution in [2.45, 2.75) is 13.5 Å². The fourth-order valence-electron chi connectivity index (χ4n) is 2.03. The van der Waals surface area contributed by atoms with Gasteiger partial charge in [0, 0.05) is 11.8 Å². The van der Waals surface area contributed by atoms with Crippen LogP contribution >= 0.6 is 11.3 Å². The highest BCUT2D eigenvalue weighted by Gasteiger charge is 2.12. The van der Waals surface area contributed by atoms with Crippen LogP contribution in [-0.2, 0) is 11.3 Å². The normalized spacial score (nSPS) is 10.4. The lowest BCUT2D eigenvalue weighted by Gasteiger charge is -2.06. The van der Waals surface area contributed by atoms with E-state index < -0.39 is 5.97 Å². The van der Waals surface area contributed by atoms with Gasteiger partial charge in [-0.15, -0.1) is 11.3 Å². The number of hydrogen-bond acceptors (Lipinski definition) is 6. The first kappa shape index (κ1) is 15.9. The van der Waals surface area contributed by atoms with Gasteiger partial charge < -0.3 is 14.6 Å². The van der Waals surface area contributed by atoms with Gasteiger partial charge in [-0.1, -0.05) is 17.3 Å². The Morgan fingerprint density at radius 1 is 1.25 bits per heavy atom. The molecule has 7 heteroatoms. The molecule has 2 heterocycles. The van der Waals surface area contributed by atoms with Crippen LogP contribution in [0, 0.1) is 6.92 Å². The third-order valence-corrected chi connectivity index (χ3v) is 4.00. The van der Waals surface area contributed by atoms with Crippen LogP contribution in [0.15, 0.2) is 52.4 Å². The van der Waals surface area contributed by atoms with Gasteiger partial charge in [0.25, 0.3) is 5.91 Å². The predicted octanol–water partition coefficient (Wildman–Crippen LogP) is 3.65. The fraction of sp³-hybridized carbons (Fsp3) is 0.118. The Morgan fingerprint density at radius 3 is 2.83 bits per heavy atom. The lowest BCUT2D eigenvalue weighted by molar-refractivity contribution is 0.0464. The molecule has 0 spiro atoms. The van der Waals surface area contributed by atoms with Gasteiger partial charge in [0.05, 0.1) is 10.4 Å². The molecule has 24 heavy (non-hydrogen) atoms. The van der Waals surface area contributed by atoms with E-state index in [0.29, 0.717) is 27.6 Å². The van der Waals surface area contributed by atoms with Gasteiger partial charge in [0.1, 0.15) is 18.1 Å². The van der Waals surface area contributed by atoms with E-state index in [1.807, 2.05) is 5.38 Å². The molecule has 3 rings (SSSR count). The van der Waals surface area contributed by atoms with Gasteiger partial charge in [0.2, 0.25) is 0 Å². The molecule has 0 radical (unpaired) electrons. The van der Waals surface area contributed by atoms with Crippen LogP contribution in [0.4, 0.5) is 5.69 Å². The van der Waals surface area contributed by atoms with Crippen LogP contribution in [0.1, 0.15) is 31.5 Å². The number of carbonyl (C=O) groups is 2. The maximum absolute atomic E-state index is 12.1. The summed E-state index contributed by atoms with van der Waals surface area (Å²) in [6, 6.07) is 11.8. The minimum atomic E-state index is -0.497. The van der Waals surface area contributed by atoms with Crippen molar-refractivity contribution in [1.82, 2.24) is 5.16 Å². The molecule has 3 aromatic rings. The van der Waals surface area contributed by atoms with E-state index in [0.717, 1.165) is 0 Å². The Morgan fingerprint density at radius 2 is 2.12 bits per heavy atom. The molecule has 122 valence electrons. The van der Waals surface area contributed by atoms with E-state index in [2.05, 4.69) is 10.5 Å². The first-order chi connectivity index (χ1) is 11.6. The number of ether oxygens (including phenoxy) is 1. The number of benzene rings is 1. The average Bonchev–Trinajstić information content (AvgIpc) is 3.24. The molecule has 0 fully saturated rings. The molecule has 0 unspecified atom stereocenters. The van der Waals surface area contributed by atoms with Crippen molar-refractivity contribution >= 4 is 28.9 Å². The van der Waals surface area contributed by atoms with Crippen LogP contribution in [0.2, 0.25) is 0 Å². The minimum Gasteiger partial charge on any atom is -0.455 e. The number of nitrogens with one attached hydrogen (secondary N) is 1. The highest BCUT2D eigenvalue weighted by molar-refractivity contribution is 7.12. The number of nitrogens with zero attached hydrogens (tertiary/aromatic N) is 1. The molecule has 0 aliphatic carbocycles. The molecule has 0 aliphatic rings. The zero-order valence-corrected chi connectivity index (χ0v) is 13.6. The van der Waals surface area contributed by atoms with Crippen LogP contribution in [0.25, 0.3) is 0 Å². The SMILES string of the molecule is Cc1cc(COC(=O)c2cccc(NC(=O)c3cccs3)c2)no1. The summed E-state index contributed by atoms with van der Waals surface area (Å²) in [5.41, 5.74) is 1.42. The van der Waals surface area contributed by atoms with E-state index in [4.69, 9.17) is 9.26 Å². The number of esters is 1. The molecular formula is C17H14N2O4S. The zero-order valence-electron chi connectivity index (χ0n) is 12.8. The van der Waals surface area contributed by atoms with Crippen LogP contribution < -0.4 is 5.32 Å². The Bertz CT molecular complexity index is 855. The lowest BCUT2D eigenvalue weighted by Crippen LogP contribution is -2.11. The summed E-state index contributed by atoms with van der Waals surface area (Å²) >= 11 is 1.35. The van der Waals surface area contributed by atoms with Gasteiger partial charge in [-0.25, -0.2) is 4.79 Å². The fourth-order valence-corrected chi connectivity index (χ4v) is 2.65. The van der Waals surface area contributed by atoms with Crippen LogP contribution in [0.3, 0.4) is 0 Å². The van der Waals surface area contributed by atoms with Crippen molar-refractivity contribution in [2.24, 2.45) is 0 Å². The molecule has 0 atom stereocenters. The number of thiophene rings is 1. The van der Waals surface area contributed by atoms with Crippen LogP contribution in [-0.4, -0.2) is 17.0 Å². The summed E-state index contributed by atoms with van der Waals surface area (Å²) in [5, 5.41) is 8.34. The van der Waals surface area contributed by atoms with Crippen molar-refractivity contribution in [3.05, 3.63) is 69.7 Å². The van der Waals surface area contributed by atoms with Gasteiger partial charge in [-0.3, -0.25) is 4.79 Å². The number of amides is 1. The quantitative estimate of drug-likeness (QED) is 0.716. The molecule has 0 saturated heterocycles. The predicted molar refractivity (Wildman–Crippen MR) is 89.1 cm³/mol. The second-order valence-electron chi connectivity index (χ2n) is 5.02. The Labute approximate surface area is 142 Å². The molecule has 1 N–H and O–H groups in total. The second-order valence-corrected chi connectivity index (χ2v) is 5.96. The Kier molecular flexibility index (Phi) is 4.72. The summed E-state index contributed by atoms with van der Waals surface area (Å²) in [4.78, 5) is 24.7. The smallest absolute Gasteiger partial charge is 0.338 e. The number of aromatic nitrogens is 1. The highest BCUT2D eigenvalue weighted by Crippen LogP contribution is 2.16. The first-order valence-corrected chi connectivity index (χ1v) is 8.04. The van der Waals surface area contributed by atoms with Gasteiger partial charge >= 0.3 is 5.97 Å². The maximum atomic E-state index is 12.1. The second kappa shape index (κ2) is 7.10. The maximum Gasteiger partial charge on any atom is 0.338 e. The summed E-state index contributed by atoms with van der Waals surface area (Å²) in [7, 11) is 0. The van der Waals surface area contributed by atoms with Gasteiger partial charge in [-0.2, -0.15) is 0 Å². The Balaban J connectivity index is 1.63. The van der Waals surface area contributed by atoms with E-state index in [1.54, 1.807) is 49.4 Å². The molecule has 1 amide bonds. The summed E-state index contributed by atoms with van der Waals surface area (Å²) in [6.45, 7) is 1.79. The molecule has 6 nitrogen and oxygen atoms in total. The van der Waals surface area contributed by atoms with Crippen molar-refractivity contribution < 1.29 is 18.8 Å².